The van der Waals surface area contributed by atoms with Crippen LogP contribution in [-0.2, 0) is 4.79 Å². The highest BCUT2D eigenvalue weighted by Gasteiger charge is 2.36. The van der Waals surface area contributed by atoms with Gasteiger partial charge in [-0.3, -0.25) is 14.5 Å². The average Bonchev–Trinajstić information content (AvgIpc) is 3.41. The van der Waals surface area contributed by atoms with Gasteiger partial charge < -0.3 is 19.9 Å². The van der Waals surface area contributed by atoms with Crippen LogP contribution in [-0.4, -0.2) is 36.2 Å². The number of anilines is 1. The van der Waals surface area contributed by atoms with E-state index in [4.69, 9.17) is 9.47 Å². The number of benzene rings is 3. The van der Waals surface area contributed by atoms with E-state index in [1.165, 1.54) is 12.1 Å². The summed E-state index contributed by atoms with van der Waals surface area (Å²) in [7, 11) is 0. The summed E-state index contributed by atoms with van der Waals surface area (Å²) in [4.78, 5) is 29.6. The van der Waals surface area contributed by atoms with Crippen molar-refractivity contribution in [3.05, 3.63) is 83.4 Å². The SMILES string of the molecule is Cc1ccccc1N(C(=O)c1ccc2c(c1)OCCO2)[C@H](C(=O)NC1CCCC1)c1ccc(O)cc1. The predicted molar refractivity (Wildman–Crippen MR) is 137 cm³/mol. The fraction of sp³-hybridized carbons (Fsp3) is 0.310. The molecule has 1 atom stereocenters. The standard InChI is InChI=1S/C29H30N2O5/c1-19-6-2-5-9-24(19)31(29(34)21-12-15-25-26(18-21)36-17-16-35-25)27(20-10-13-23(32)14-11-20)28(33)30-22-7-3-4-8-22/h2,5-6,9-15,18,22,27,32H,3-4,7-8,16-17H2,1H3,(H,30,33)/t27-/m0/s1. The minimum absolute atomic E-state index is 0.0835. The zero-order valence-electron chi connectivity index (χ0n) is 20.3. The first-order chi connectivity index (χ1) is 17.5. The molecule has 2 aliphatic rings. The number of aromatic hydroxyl groups is 1. The molecule has 0 unspecified atom stereocenters. The lowest BCUT2D eigenvalue weighted by atomic mass is 9.99. The van der Waals surface area contributed by atoms with E-state index in [2.05, 4.69) is 5.32 Å². The van der Waals surface area contributed by atoms with E-state index < -0.39 is 6.04 Å². The number of phenolic OH excluding ortho intramolecular Hbond substituents is 1. The molecule has 5 rings (SSSR count). The molecular formula is C29H30N2O5. The molecule has 36 heavy (non-hydrogen) atoms. The number of nitrogens with zero attached hydrogens (tertiary/aromatic N) is 1. The third kappa shape index (κ3) is 4.87. The Hall–Kier alpha value is -4.00. The fourth-order valence-corrected chi connectivity index (χ4v) is 4.94. The van der Waals surface area contributed by atoms with E-state index >= 15 is 0 Å². The molecule has 0 bridgehead atoms. The molecule has 186 valence electrons. The third-order valence-electron chi connectivity index (χ3n) is 6.80. The number of ether oxygens (including phenoxy) is 2. The quantitative estimate of drug-likeness (QED) is 0.517. The number of fused-ring (bicyclic) bond motifs is 1. The molecule has 0 spiro atoms. The summed E-state index contributed by atoms with van der Waals surface area (Å²) in [5.41, 5.74) is 2.50. The zero-order chi connectivity index (χ0) is 25.1. The van der Waals surface area contributed by atoms with Crippen LogP contribution in [0.15, 0.2) is 66.7 Å². The topological polar surface area (TPSA) is 88.1 Å². The van der Waals surface area contributed by atoms with Gasteiger partial charge in [0.05, 0.1) is 0 Å². The second-order valence-corrected chi connectivity index (χ2v) is 9.30. The molecule has 7 heteroatoms. The van der Waals surface area contributed by atoms with Crippen LogP contribution < -0.4 is 19.7 Å². The Morgan fingerprint density at radius 2 is 1.64 bits per heavy atom. The lowest BCUT2D eigenvalue weighted by Crippen LogP contribution is -2.46. The molecule has 1 saturated carbocycles. The first-order valence-electron chi connectivity index (χ1n) is 12.4. The monoisotopic (exact) mass is 486 g/mol. The Balaban J connectivity index is 1.61. The second-order valence-electron chi connectivity index (χ2n) is 9.30. The maximum absolute atomic E-state index is 14.2. The lowest BCUT2D eigenvalue weighted by Gasteiger charge is -2.33. The summed E-state index contributed by atoms with van der Waals surface area (Å²) in [6.07, 6.45) is 4.00. The minimum Gasteiger partial charge on any atom is -0.508 e. The van der Waals surface area contributed by atoms with Crippen LogP contribution in [0.25, 0.3) is 0 Å². The number of para-hydroxylation sites is 1. The number of hydrogen-bond donors (Lipinski definition) is 2. The summed E-state index contributed by atoms with van der Waals surface area (Å²) < 4.78 is 11.3. The van der Waals surface area contributed by atoms with Crippen molar-refractivity contribution in [1.29, 1.82) is 0 Å². The molecule has 2 N–H and O–H groups in total. The Bertz CT molecular complexity index is 1250. The van der Waals surface area contributed by atoms with Crippen molar-refractivity contribution in [2.75, 3.05) is 18.1 Å². The van der Waals surface area contributed by atoms with Gasteiger partial charge in [0.1, 0.15) is 25.0 Å². The molecular weight excluding hydrogens is 456 g/mol. The smallest absolute Gasteiger partial charge is 0.259 e. The summed E-state index contributed by atoms with van der Waals surface area (Å²) in [6, 6.07) is 18.2. The highest BCUT2D eigenvalue weighted by Crippen LogP contribution is 2.36. The number of aryl methyl sites for hydroxylation is 1. The highest BCUT2D eigenvalue weighted by molar-refractivity contribution is 6.10. The normalized spacial score (nSPS) is 15.8. The van der Waals surface area contributed by atoms with Gasteiger partial charge in [-0.25, -0.2) is 0 Å². The van der Waals surface area contributed by atoms with Crippen molar-refractivity contribution in [1.82, 2.24) is 5.32 Å². The largest absolute Gasteiger partial charge is 0.508 e. The molecule has 3 aromatic rings. The maximum atomic E-state index is 14.2. The number of amides is 2. The number of phenols is 1. The Morgan fingerprint density at radius 1 is 0.944 bits per heavy atom. The van der Waals surface area contributed by atoms with Crippen molar-refractivity contribution in [3.8, 4) is 17.2 Å². The van der Waals surface area contributed by atoms with Gasteiger partial charge in [-0.2, -0.15) is 0 Å². The summed E-state index contributed by atoms with van der Waals surface area (Å²) in [5, 5.41) is 13.1. The Kier molecular flexibility index (Phi) is 6.80. The molecule has 0 radical (unpaired) electrons. The first kappa shape index (κ1) is 23.7. The van der Waals surface area contributed by atoms with Crippen molar-refractivity contribution in [2.45, 2.75) is 44.7 Å². The number of hydrogen-bond acceptors (Lipinski definition) is 5. The van der Waals surface area contributed by atoms with Gasteiger partial charge in [0.2, 0.25) is 5.91 Å². The van der Waals surface area contributed by atoms with E-state index in [0.717, 1.165) is 31.2 Å². The molecule has 0 saturated heterocycles. The molecule has 1 heterocycles. The molecule has 0 aromatic heterocycles. The third-order valence-corrected chi connectivity index (χ3v) is 6.80. The van der Waals surface area contributed by atoms with Crippen LogP contribution in [0.5, 0.6) is 17.2 Å². The van der Waals surface area contributed by atoms with Gasteiger partial charge in [0.25, 0.3) is 5.91 Å². The highest BCUT2D eigenvalue weighted by atomic mass is 16.6. The van der Waals surface area contributed by atoms with Gasteiger partial charge in [-0.1, -0.05) is 43.2 Å². The van der Waals surface area contributed by atoms with Gasteiger partial charge in [0, 0.05) is 17.3 Å². The molecule has 2 amide bonds. The first-order valence-corrected chi connectivity index (χ1v) is 12.4. The van der Waals surface area contributed by atoms with E-state index in [1.54, 1.807) is 35.2 Å². The number of carbonyl (C=O) groups is 2. The molecule has 7 nitrogen and oxygen atoms in total. The van der Waals surface area contributed by atoms with Crippen molar-refractivity contribution < 1.29 is 24.2 Å². The second kappa shape index (κ2) is 10.3. The van der Waals surface area contributed by atoms with Crippen LogP contribution in [0.1, 0.15) is 53.2 Å². The summed E-state index contributed by atoms with van der Waals surface area (Å²) in [6.45, 7) is 2.79. The number of carbonyl (C=O) groups excluding carboxylic acids is 2. The van der Waals surface area contributed by atoms with Crippen LogP contribution in [0.4, 0.5) is 5.69 Å². The van der Waals surface area contributed by atoms with Crippen LogP contribution in [0, 0.1) is 6.92 Å². The number of rotatable bonds is 6. The Labute approximate surface area is 210 Å². The fourth-order valence-electron chi connectivity index (χ4n) is 4.94. The molecule has 1 fully saturated rings. The predicted octanol–water partition coefficient (Wildman–Crippen LogP) is 4.92. The van der Waals surface area contributed by atoms with E-state index in [-0.39, 0.29) is 23.6 Å². The van der Waals surface area contributed by atoms with E-state index in [1.807, 2.05) is 31.2 Å². The van der Waals surface area contributed by atoms with Crippen molar-refractivity contribution in [2.24, 2.45) is 0 Å². The van der Waals surface area contributed by atoms with Gasteiger partial charge in [-0.15, -0.1) is 0 Å². The minimum atomic E-state index is -0.937. The van der Waals surface area contributed by atoms with Gasteiger partial charge >= 0.3 is 0 Å². The van der Waals surface area contributed by atoms with Crippen LogP contribution >= 0.6 is 0 Å². The van der Waals surface area contributed by atoms with Crippen LogP contribution in [0.2, 0.25) is 0 Å². The molecule has 1 aliphatic heterocycles. The van der Waals surface area contributed by atoms with Crippen molar-refractivity contribution in [3.63, 3.8) is 0 Å². The van der Waals surface area contributed by atoms with Crippen molar-refractivity contribution >= 4 is 17.5 Å². The van der Waals surface area contributed by atoms with Gasteiger partial charge in [-0.05, 0) is 67.3 Å². The summed E-state index contributed by atoms with van der Waals surface area (Å²) in [5.74, 6) is 0.611. The zero-order valence-corrected chi connectivity index (χ0v) is 20.3. The van der Waals surface area contributed by atoms with Gasteiger partial charge in [0.15, 0.2) is 11.5 Å². The Morgan fingerprint density at radius 3 is 2.36 bits per heavy atom. The maximum Gasteiger partial charge on any atom is 0.259 e. The number of nitrogens with one attached hydrogen (secondary N) is 1. The lowest BCUT2D eigenvalue weighted by molar-refractivity contribution is -0.123. The molecule has 1 aliphatic carbocycles. The van der Waals surface area contributed by atoms with E-state index in [0.29, 0.717) is 41.5 Å². The summed E-state index contributed by atoms with van der Waals surface area (Å²) >= 11 is 0. The van der Waals surface area contributed by atoms with Crippen LogP contribution in [0.3, 0.4) is 0 Å². The van der Waals surface area contributed by atoms with E-state index in [9.17, 15) is 14.7 Å². The average molecular weight is 487 g/mol. The molecule has 3 aromatic carbocycles.